The largest absolute Gasteiger partial charge is 0.361 e. The van der Waals surface area contributed by atoms with Crippen LogP contribution in [0.5, 0.6) is 0 Å². The van der Waals surface area contributed by atoms with Crippen LogP contribution in [0, 0.1) is 5.41 Å². The molecular weight excluding hydrogens is 286 g/mol. The van der Waals surface area contributed by atoms with E-state index in [1.165, 1.54) is 18.4 Å². The molecule has 118 valence electrons. The Bertz CT molecular complexity index is 677. The lowest BCUT2D eigenvalue weighted by Crippen LogP contribution is -2.28. The summed E-state index contributed by atoms with van der Waals surface area (Å²) in [5.74, 6) is 0.603. The number of hydrogen-bond acceptors (Lipinski definition) is 4. The fourth-order valence-corrected chi connectivity index (χ4v) is 2.96. The van der Waals surface area contributed by atoms with Gasteiger partial charge in [0.15, 0.2) is 6.29 Å². The van der Waals surface area contributed by atoms with Gasteiger partial charge in [-0.2, -0.15) is 0 Å². The minimum absolute atomic E-state index is 0.250. The number of aldehydes is 1. The lowest BCUT2D eigenvalue weighted by Gasteiger charge is -2.23. The Morgan fingerprint density at radius 3 is 2.78 bits per heavy atom. The van der Waals surface area contributed by atoms with Crippen molar-refractivity contribution < 1.29 is 4.79 Å². The Kier molecular flexibility index (Phi) is 4.83. The lowest BCUT2D eigenvalue weighted by molar-refractivity contribution is -0.104. The van der Waals surface area contributed by atoms with Gasteiger partial charge in [-0.1, -0.05) is 24.3 Å². The molecule has 1 aromatic carbocycles. The number of carbonyl (C=O) groups is 1. The molecule has 3 rings (SSSR count). The van der Waals surface area contributed by atoms with Crippen LogP contribution in [0.4, 0.5) is 5.69 Å². The van der Waals surface area contributed by atoms with E-state index >= 15 is 0 Å². The van der Waals surface area contributed by atoms with Crippen LogP contribution >= 0.6 is 0 Å². The summed E-state index contributed by atoms with van der Waals surface area (Å²) in [5.41, 5.74) is 3.70. The Morgan fingerprint density at radius 2 is 2.09 bits per heavy atom. The van der Waals surface area contributed by atoms with Crippen LogP contribution in [-0.4, -0.2) is 25.1 Å². The van der Waals surface area contributed by atoms with E-state index < -0.39 is 0 Å². The predicted octanol–water partition coefficient (Wildman–Crippen LogP) is 3.16. The summed E-state index contributed by atoms with van der Waals surface area (Å²) >= 11 is 0. The first-order chi connectivity index (χ1) is 11.3. The Hall–Kier alpha value is -2.46. The van der Waals surface area contributed by atoms with Crippen LogP contribution in [0.3, 0.4) is 0 Å². The van der Waals surface area contributed by atoms with Crippen molar-refractivity contribution in [1.29, 1.82) is 5.41 Å². The zero-order valence-electron chi connectivity index (χ0n) is 13.0. The molecule has 0 aromatic heterocycles. The van der Waals surface area contributed by atoms with Gasteiger partial charge in [0.25, 0.3) is 0 Å². The molecule has 0 amide bonds. The highest BCUT2D eigenvalue weighted by atomic mass is 16.1. The first-order valence-corrected chi connectivity index (χ1v) is 7.98. The van der Waals surface area contributed by atoms with E-state index in [0.29, 0.717) is 23.4 Å². The van der Waals surface area contributed by atoms with E-state index in [0.717, 1.165) is 18.8 Å². The molecule has 3 N–H and O–H groups in total. The summed E-state index contributed by atoms with van der Waals surface area (Å²) < 4.78 is 0. The van der Waals surface area contributed by atoms with Crippen LogP contribution in [0.1, 0.15) is 24.3 Å². The molecule has 1 aromatic rings. The average molecular weight is 307 g/mol. The van der Waals surface area contributed by atoms with Crippen molar-refractivity contribution in [2.45, 2.75) is 18.8 Å². The normalized spacial score (nSPS) is 22.8. The van der Waals surface area contributed by atoms with Gasteiger partial charge in [-0.15, -0.1) is 0 Å². The van der Waals surface area contributed by atoms with Gasteiger partial charge < -0.3 is 10.6 Å². The number of hydrogen-bond donors (Lipinski definition) is 3. The average Bonchev–Trinajstić information content (AvgIpc) is 2.62. The zero-order valence-corrected chi connectivity index (χ0v) is 13.0. The molecule has 1 fully saturated rings. The summed E-state index contributed by atoms with van der Waals surface area (Å²) in [4.78, 5) is 10.9. The van der Waals surface area contributed by atoms with E-state index in [4.69, 9.17) is 5.41 Å². The second-order valence-electron chi connectivity index (χ2n) is 5.88. The molecule has 1 unspecified atom stereocenters. The van der Waals surface area contributed by atoms with Gasteiger partial charge in [0.05, 0.1) is 5.71 Å². The second-order valence-corrected chi connectivity index (χ2v) is 5.88. The Morgan fingerprint density at radius 1 is 1.26 bits per heavy atom. The second kappa shape index (κ2) is 7.20. The molecule has 1 heterocycles. The fourth-order valence-electron chi connectivity index (χ4n) is 2.96. The van der Waals surface area contributed by atoms with E-state index in [1.807, 2.05) is 6.08 Å². The molecule has 1 aliphatic heterocycles. The molecule has 1 saturated heterocycles. The highest BCUT2D eigenvalue weighted by molar-refractivity contribution is 6.23. The molecule has 4 nitrogen and oxygen atoms in total. The number of allylic oxidation sites excluding steroid dienone is 5. The highest BCUT2D eigenvalue weighted by Gasteiger charge is 2.14. The zero-order chi connectivity index (χ0) is 16.1. The SMILES string of the molecule is N=C1C(C=O)=CC=C/C1=C/Nc1ccc(C2CCCNC2)cc1. The van der Waals surface area contributed by atoms with E-state index in [9.17, 15) is 4.79 Å². The molecule has 0 bridgehead atoms. The smallest absolute Gasteiger partial charge is 0.152 e. The summed E-state index contributed by atoms with van der Waals surface area (Å²) in [6.45, 7) is 2.18. The van der Waals surface area contributed by atoms with Crippen LogP contribution in [0.2, 0.25) is 0 Å². The summed E-state index contributed by atoms with van der Waals surface area (Å²) in [7, 11) is 0. The third kappa shape index (κ3) is 3.66. The molecule has 0 spiro atoms. The van der Waals surface area contributed by atoms with Crippen LogP contribution < -0.4 is 10.6 Å². The maximum Gasteiger partial charge on any atom is 0.152 e. The van der Waals surface area contributed by atoms with Crippen LogP contribution in [-0.2, 0) is 4.79 Å². The van der Waals surface area contributed by atoms with Gasteiger partial charge in [-0.25, -0.2) is 0 Å². The fraction of sp³-hybridized carbons (Fsp3) is 0.263. The summed E-state index contributed by atoms with van der Waals surface area (Å²) in [6, 6.07) is 8.45. The van der Waals surface area contributed by atoms with E-state index in [1.54, 1.807) is 18.4 Å². The number of carbonyl (C=O) groups excluding carboxylic acids is 1. The van der Waals surface area contributed by atoms with Gasteiger partial charge >= 0.3 is 0 Å². The molecule has 0 saturated carbocycles. The van der Waals surface area contributed by atoms with Crippen molar-refractivity contribution in [3.63, 3.8) is 0 Å². The predicted molar refractivity (Wildman–Crippen MR) is 94.0 cm³/mol. The van der Waals surface area contributed by atoms with Gasteiger partial charge in [0.2, 0.25) is 0 Å². The lowest BCUT2D eigenvalue weighted by atomic mass is 9.91. The number of benzene rings is 1. The van der Waals surface area contributed by atoms with Gasteiger partial charge in [0.1, 0.15) is 0 Å². The van der Waals surface area contributed by atoms with Crippen molar-refractivity contribution in [1.82, 2.24) is 5.32 Å². The Balaban J connectivity index is 1.66. The van der Waals surface area contributed by atoms with Crippen LogP contribution in [0.25, 0.3) is 0 Å². The summed E-state index contributed by atoms with van der Waals surface area (Å²) in [6.07, 6.45) is 10.2. The van der Waals surface area contributed by atoms with Crippen molar-refractivity contribution >= 4 is 17.7 Å². The van der Waals surface area contributed by atoms with Gasteiger partial charge in [-0.05, 0) is 49.1 Å². The van der Waals surface area contributed by atoms with Crippen molar-refractivity contribution in [2.24, 2.45) is 0 Å². The number of nitrogens with one attached hydrogen (secondary N) is 3. The summed E-state index contributed by atoms with van der Waals surface area (Å²) in [5, 5.41) is 14.6. The quantitative estimate of drug-likeness (QED) is 0.749. The van der Waals surface area contributed by atoms with Gasteiger partial charge in [-0.3, -0.25) is 10.2 Å². The van der Waals surface area contributed by atoms with Crippen molar-refractivity contribution in [3.8, 4) is 0 Å². The molecule has 2 aliphatic rings. The minimum Gasteiger partial charge on any atom is -0.361 e. The third-order valence-electron chi connectivity index (χ3n) is 4.33. The highest BCUT2D eigenvalue weighted by Crippen LogP contribution is 2.24. The maximum atomic E-state index is 10.9. The Labute approximate surface area is 136 Å². The molecule has 1 atom stereocenters. The molecule has 1 aliphatic carbocycles. The topological polar surface area (TPSA) is 65.0 Å². The molecule has 23 heavy (non-hydrogen) atoms. The van der Waals surface area contributed by atoms with Gasteiger partial charge in [0, 0.05) is 29.6 Å². The number of piperidine rings is 1. The number of anilines is 1. The maximum absolute atomic E-state index is 10.9. The van der Waals surface area contributed by atoms with E-state index in [-0.39, 0.29) is 5.71 Å². The molecular formula is C19H21N3O. The van der Waals surface area contributed by atoms with Crippen molar-refractivity contribution in [3.05, 3.63) is 65.4 Å². The number of rotatable bonds is 4. The van der Waals surface area contributed by atoms with E-state index in [2.05, 4.69) is 34.9 Å². The van der Waals surface area contributed by atoms with Crippen molar-refractivity contribution in [2.75, 3.05) is 18.4 Å². The first kappa shape index (κ1) is 15.4. The minimum atomic E-state index is 0.250. The molecule has 0 radical (unpaired) electrons. The standard InChI is InChI=1S/C19H21N3O/c20-19-16(3-1-4-17(19)13-23)12-22-18-8-6-14(7-9-18)15-5-2-10-21-11-15/h1,3-4,6-9,12-13,15,20-22H,2,5,10-11H2/b16-12-,20-19?. The van der Waals surface area contributed by atoms with Crippen LogP contribution in [0.15, 0.2) is 59.8 Å². The molecule has 4 heteroatoms. The first-order valence-electron chi connectivity index (χ1n) is 7.98. The monoisotopic (exact) mass is 307 g/mol. The third-order valence-corrected chi connectivity index (χ3v) is 4.33.